The van der Waals surface area contributed by atoms with Gasteiger partial charge in [-0.3, -0.25) is 0 Å². The molecule has 0 unspecified atom stereocenters. The van der Waals surface area contributed by atoms with Crippen molar-refractivity contribution in [2.75, 3.05) is 6.26 Å². The Morgan fingerprint density at radius 2 is 2.20 bits per heavy atom. The van der Waals surface area contributed by atoms with E-state index in [1.807, 2.05) is 0 Å². The van der Waals surface area contributed by atoms with E-state index in [1.54, 1.807) is 6.92 Å². The number of hydrogen-bond donors (Lipinski definition) is 1. The van der Waals surface area contributed by atoms with Crippen LogP contribution in [0.25, 0.3) is 0 Å². The summed E-state index contributed by atoms with van der Waals surface area (Å²) in [5, 5.41) is 0.132. The summed E-state index contributed by atoms with van der Waals surface area (Å²) in [6.45, 7) is 1.67. The minimum atomic E-state index is -3.13. The average molecular weight is 160 g/mol. The number of sulfone groups is 1. The molecule has 5 heteroatoms. The van der Waals surface area contributed by atoms with Crippen LogP contribution in [0, 0.1) is 6.92 Å². The first kappa shape index (κ1) is 7.27. The van der Waals surface area contributed by atoms with E-state index in [1.165, 1.54) is 6.33 Å². The first-order valence-corrected chi connectivity index (χ1v) is 4.61. The second kappa shape index (κ2) is 2.09. The molecule has 4 nitrogen and oxygen atoms in total. The van der Waals surface area contributed by atoms with Crippen molar-refractivity contribution in [1.29, 1.82) is 0 Å². The molecule has 10 heavy (non-hydrogen) atoms. The molecule has 1 heterocycles. The highest BCUT2D eigenvalue weighted by molar-refractivity contribution is 7.90. The van der Waals surface area contributed by atoms with Gasteiger partial charge in [0.15, 0.2) is 14.9 Å². The van der Waals surface area contributed by atoms with E-state index >= 15 is 0 Å². The molecule has 1 aromatic rings. The van der Waals surface area contributed by atoms with Gasteiger partial charge in [0.1, 0.15) is 0 Å². The fourth-order valence-electron chi connectivity index (χ4n) is 0.720. The van der Waals surface area contributed by atoms with Gasteiger partial charge in [-0.15, -0.1) is 0 Å². The van der Waals surface area contributed by atoms with Crippen molar-refractivity contribution < 1.29 is 8.42 Å². The lowest BCUT2D eigenvalue weighted by Gasteiger charge is -1.90. The van der Waals surface area contributed by atoms with Crippen molar-refractivity contribution in [3.63, 3.8) is 0 Å². The van der Waals surface area contributed by atoms with Gasteiger partial charge in [-0.05, 0) is 6.92 Å². The molecule has 1 N–H and O–H groups in total. The summed E-state index contributed by atoms with van der Waals surface area (Å²) in [4.78, 5) is 6.33. The monoisotopic (exact) mass is 160 g/mol. The summed E-state index contributed by atoms with van der Waals surface area (Å²) in [5.41, 5.74) is 0.586. The van der Waals surface area contributed by atoms with E-state index in [0.29, 0.717) is 5.69 Å². The summed E-state index contributed by atoms with van der Waals surface area (Å²) in [5.74, 6) is 0. The van der Waals surface area contributed by atoms with Gasteiger partial charge in [0.2, 0.25) is 0 Å². The van der Waals surface area contributed by atoms with Crippen LogP contribution < -0.4 is 0 Å². The summed E-state index contributed by atoms with van der Waals surface area (Å²) in [6, 6.07) is 0. The first-order chi connectivity index (χ1) is 4.52. The van der Waals surface area contributed by atoms with Gasteiger partial charge in [0.25, 0.3) is 0 Å². The van der Waals surface area contributed by atoms with Crippen LogP contribution in [0.15, 0.2) is 11.4 Å². The molecule has 0 aliphatic carbocycles. The first-order valence-electron chi connectivity index (χ1n) is 2.72. The van der Waals surface area contributed by atoms with Crippen LogP contribution in [0.2, 0.25) is 0 Å². The number of imidazole rings is 1. The van der Waals surface area contributed by atoms with Crippen LogP contribution >= 0.6 is 0 Å². The van der Waals surface area contributed by atoms with Crippen LogP contribution in [0.4, 0.5) is 0 Å². The van der Waals surface area contributed by atoms with Crippen molar-refractivity contribution in [1.82, 2.24) is 9.97 Å². The second-order valence-electron chi connectivity index (χ2n) is 2.10. The maximum absolute atomic E-state index is 10.8. The lowest BCUT2D eigenvalue weighted by atomic mass is 10.6. The lowest BCUT2D eigenvalue weighted by Crippen LogP contribution is -1.99. The molecule has 0 saturated heterocycles. The molecule has 0 fully saturated rings. The summed E-state index contributed by atoms with van der Waals surface area (Å²) < 4.78 is 21.7. The highest BCUT2D eigenvalue weighted by atomic mass is 32.2. The van der Waals surface area contributed by atoms with E-state index in [4.69, 9.17) is 0 Å². The molecular formula is C5H8N2O2S. The third kappa shape index (κ3) is 1.18. The van der Waals surface area contributed by atoms with Gasteiger partial charge in [-0.1, -0.05) is 0 Å². The molecule has 0 amide bonds. The predicted octanol–water partition coefficient (Wildman–Crippen LogP) is 0.122. The third-order valence-corrected chi connectivity index (χ3v) is 2.25. The van der Waals surface area contributed by atoms with E-state index in [0.717, 1.165) is 6.26 Å². The summed E-state index contributed by atoms with van der Waals surface area (Å²) in [7, 11) is -3.13. The Labute approximate surface area is 59.2 Å². The molecule has 0 radical (unpaired) electrons. The lowest BCUT2D eigenvalue weighted by molar-refractivity contribution is 0.598. The molecule has 0 atom stereocenters. The smallest absolute Gasteiger partial charge is 0.194 e. The fraction of sp³-hybridized carbons (Fsp3) is 0.400. The average Bonchev–Trinajstić information content (AvgIpc) is 2.11. The number of hydrogen-bond acceptors (Lipinski definition) is 3. The molecule has 56 valence electrons. The van der Waals surface area contributed by atoms with Crippen molar-refractivity contribution in [3.05, 3.63) is 12.0 Å². The Morgan fingerprint density at radius 3 is 2.40 bits per heavy atom. The number of nitrogens with one attached hydrogen (secondary N) is 1. The maximum atomic E-state index is 10.8. The molecule has 0 saturated carbocycles. The Morgan fingerprint density at radius 1 is 1.60 bits per heavy atom. The normalized spacial score (nSPS) is 11.8. The molecular weight excluding hydrogens is 152 g/mol. The molecule has 1 aromatic heterocycles. The van der Waals surface area contributed by atoms with E-state index in [2.05, 4.69) is 9.97 Å². The predicted molar refractivity (Wildman–Crippen MR) is 36.4 cm³/mol. The zero-order chi connectivity index (χ0) is 7.78. The Kier molecular flexibility index (Phi) is 1.52. The number of nitrogens with zero attached hydrogens (tertiary/aromatic N) is 1. The summed E-state index contributed by atoms with van der Waals surface area (Å²) >= 11 is 0. The van der Waals surface area contributed by atoms with E-state index < -0.39 is 9.84 Å². The maximum Gasteiger partial charge on any atom is 0.194 e. The van der Waals surface area contributed by atoms with Crippen LogP contribution in [0.5, 0.6) is 0 Å². The largest absolute Gasteiger partial charge is 0.348 e. The van der Waals surface area contributed by atoms with Gasteiger partial charge in [-0.25, -0.2) is 13.4 Å². The standard InChI is InChI=1S/C5H8N2O2S/c1-4-5(7-3-6-4)10(2,8)9/h3H,1-2H3,(H,6,7). The van der Waals surface area contributed by atoms with Crippen LogP contribution in [-0.2, 0) is 9.84 Å². The Hall–Kier alpha value is -0.840. The molecule has 0 aromatic carbocycles. The van der Waals surface area contributed by atoms with E-state index in [9.17, 15) is 8.42 Å². The van der Waals surface area contributed by atoms with Gasteiger partial charge in [-0.2, -0.15) is 0 Å². The number of H-pyrrole nitrogens is 1. The molecule has 0 aliphatic heterocycles. The topological polar surface area (TPSA) is 62.8 Å². The molecule has 0 spiro atoms. The minimum absolute atomic E-state index is 0.132. The van der Waals surface area contributed by atoms with Crippen LogP contribution in [0.1, 0.15) is 5.69 Å². The number of rotatable bonds is 1. The Balaban J connectivity index is 3.32. The third-order valence-electron chi connectivity index (χ3n) is 1.13. The van der Waals surface area contributed by atoms with Crippen molar-refractivity contribution in [2.45, 2.75) is 11.9 Å². The fourth-order valence-corrected chi connectivity index (χ4v) is 1.58. The van der Waals surface area contributed by atoms with Gasteiger partial charge in [0.05, 0.1) is 12.0 Å². The highest BCUT2D eigenvalue weighted by Crippen LogP contribution is 2.07. The van der Waals surface area contributed by atoms with Gasteiger partial charge >= 0.3 is 0 Å². The minimum Gasteiger partial charge on any atom is -0.348 e. The molecule has 1 rings (SSSR count). The van der Waals surface area contributed by atoms with Crippen LogP contribution in [0.3, 0.4) is 0 Å². The van der Waals surface area contributed by atoms with Gasteiger partial charge in [0, 0.05) is 6.26 Å². The zero-order valence-corrected chi connectivity index (χ0v) is 6.57. The quantitative estimate of drug-likeness (QED) is 0.634. The van der Waals surface area contributed by atoms with Crippen molar-refractivity contribution in [3.8, 4) is 0 Å². The number of aromatic amines is 1. The molecule has 0 aliphatic rings. The zero-order valence-electron chi connectivity index (χ0n) is 5.75. The van der Waals surface area contributed by atoms with Crippen LogP contribution in [-0.4, -0.2) is 24.6 Å². The van der Waals surface area contributed by atoms with Crippen molar-refractivity contribution in [2.24, 2.45) is 0 Å². The molecule has 0 bridgehead atoms. The van der Waals surface area contributed by atoms with E-state index in [-0.39, 0.29) is 5.03 Å². The number of aromatic nitrogens is 2. The van der Waals surface area contributed by atoms with Crippen molar-refractivity contribution >= 4 is 9.84 Å². The SMILES string of the molecule is Cc1[nH]cnc1S(C)(=O)=O. The number of aryl methyl sites for hydroxylation is 1. The Bertz CT molecular complexity index is 325. The van der Waals surface area contributed by atoms with Gasteiger partial charge < -0.3 is 4.98 Å². The summed E-state index contributed by atoms with van der Waals surface area (Å²) in [6.07, 6.45) is 2.50. The second-order valence-corrected chi connectivity index (χ2v) is 4.04. The highest BCUT2D eigenvalue weighted by Gasteiger charge is 2.11.